The predicted molar refractivity (Wildman–Crippen MR) is 43.3 cm³/mol. The number of nitrogens with zero attached hydrogens (tertiary/aromatic N) is 1. The first-order valence-corrected chi connectivity index (χ1v) is 3.45. The maximum absolute atomic E-state index is 4.12. The summed E-state index contributed by atoms with van der Waals surface area (Å²) in [6.07, 6.45) is 0. The van der Waals surface area contributed by atoms with E-state index in [0.29, 0.717) is 5.16 Å². The number of aromatic amines is 1. The third kappa shape index (κ3) is 1.68. The van der Waals surface area contributed by atoms with Gasteiger partial charge in [0.15, 0.2) is 5.16 Å². The number of rotatable bonds is 0. The van der Waals surface area contributed by atoms with Crippen molar-refractivity contribution in [1.29, 1.82) is 0 Å². The van der Waals surface area contributed by atoms with Crippen LogP contribution in [0.2, 0.25) is 0 Å². The van der Waals surface area contributed by atoms with Gasteiger partial charge in [-0.3, -0.25) is 0 Å². The summed E-state index contributed by atoms with van der Waals surface area (Å²) < 4.78 is 0. The van der Waals surface area contributed by atoms with Crippen LogP contribution in [0.15, 0.2) is 29.4 Å². The van der Waals surface area contributed by atoms with Gasteiger partial charge in [0.2, 0.25) is 0 Å². The van der Waals surface area contributed by atoms with E-state index in [-0.39, 0.29) is 22.4 Å². The minimum atomic E-state index is 0. The van der Waals surface area contributed by atoms with Crippen molar-refractivity contribution in [2.24, 2.45) is 0 Å². The summed E-state index contributed by atoms with van der Waals surface area (Å²) in [6.45, 7) is 0. The molecule has 0 fully saturated rings. The van der Waals surface area contributed by atoms with E-state index in [2.05, 4.69) is 22.6 Å². The topological polar surface area (TPSA) is 28.7 Å². The Labute approximate surface area is 85.3 Å². The number of fused-ring (bicyclic) bond motifs is 1. The van der Waals surface area contributed by atoms with Crippen LogP contribution < -0.4 is 0 Å². The number of hydrogen-bond acceptors (Lipinski definition) is 2. The van der Waals surface area contributed by atoms with E-state index < -0.39 is 0 Å². The fourth-order valence-electron chi connectivity index (χ4n) is 0.939. The maximum Gasteiger partial charge on any atom is 0.163 e. The van der Waals surface area contributed by atoms with Crippen LogP contribution in [0.3, 0.4) is 0 Å². The first-order chi connectivity index (χ1) is 4.86. The third-order valence-corrected chi connectivity index (χ3v) is 1.59. The molecule has 0 atom stereocenters. The summed E-state index contributed by atoms with van der Waals surface area (Å²) in [5.41, 5.74) is 2.00. The van der Waals surface area contributed by atoms with Gasteiger partial charge in [0.05, 0.1) is 11.0 Å². The van der Waals surface area contributed by atoms with Gasteiger partial charge in [0.1, 0.15) is 0 Å². The van der Waals surface area contributed by atoms with Gasteiger partial charge >= 0.3 is 0 Å². The first-order valence-electron chi connectivity index (χ1n) is 3.00. The number of imidazole rings is 1. The Bertz CT molecular complexity index is 325. The Morgan fingerprint density at radius 2 is 2.00 bits per heavy atom. The SMILES string of the molecule is Sc1nc2ccccc2[nH]1.[Au]. The summed E-state index contributed by atoms with van der Waals surface area (Å²) in [6, 6.07) is 7.84. The molecule has 1 aromatic heterocycles. The number of aromatic nitrogens is 2. The molecule has 1 N–H and O–H groups in total. The second kappa shape index (κ2) is 3.45. The largest absolute Gasteiger partial charge is 0.333 e. The fraction of sp³-hybridized carbons (Fsp3) is 0. The van der Waals surface area contributed by atoms with Gasteiger partial charge < -0.3 is 4.98 Å². The summed E-state index contributed by atoms with van der Waals surface area (Å²) in [7, 11) is 0. The molecule has 2 aromatic rings. The molecule has 0 spiro atoms. The molecule has 11 heavy (non-hydrogen) atoms. The van der Waals surface area contributed by atoms with E-state index in [1.54, 1.807) is 0 Å². The van der Waals surface area contributed by atoms with Crippen molar-refractivity contribution in [3.63, 3.8) is 0 Å². The average molecular weight is 347 g/mol. The van der Waals surface area contributed by atoms with E-state index in [1.807, 2.05) is 24.3 Å². The molecule has 0 unspecified atom stereocenters. The second-order valence-corrected chi connectivity index (χ2v) is 2.50. The number of nitrogens with one attached hydrogen (secondary N) is 1. The van der Waals surface area contributed by atoms with Crippen LogP contribution in [0.1, 0.15) is 0 Å². The van der Waals surface area contributed by atoms with Gasteiger partial charge in [-0.25, -0.2) is 4.98 Å². The van der Waals surface area contributed by atoms with Crippen LogP contribution in [-0.2, 0) is 22.4 Å². The molecule has 0 saturated heterocycles. The molecule has 2 nitrogen and oxygen atoms in total. The van der Waals surface area contributed by atoms with E-state index >= 15 is 0 Å². The van der Waals surface area contributed by atoms with E-state index in [0.717, 1.165) is 11.0 Å². The zero-order valence-corrected chi connectivity index (χ0v) is 8.57. The fourth-order valence-corrected chi connectivity index (χ4v) is 1.17. The van der Waals surface area contributed by atoms with Crippen molar-refractivity contribution in [3.8, 4) is 0 Å². The molecule has 1 heterocycles. The van der Waals surface area contributed by atoms with Gasteiger partial charge in [-0.15, -0.1) is 12.6 Å². The molecule has 4 heteroatoms. The smallest absolute Gasteiger partial charge is 0.163 e. The molecular formula is C7H6AuN2S. The zero-order valence-electron chi connectivity index (χ0n) is 5.51. The van der Waals surface area contributed by atoms with Crippen LogP contribution in [0.5, 0.6) is 0 Å². The van der Waals surface area contributed by atoms with Crippen LogP contribution in [-0.4, -0.2) is 9.97 Å². The van der Waals surface area contributed by atoms with Gasteiger partial charge in [0.25, 0.3) is 0 Å². The van der Waals surface area contributed by atoms with Crippen LogP contribution >= 0.6 is 12.6 Å². The summed E-state index contributed by atoms with van der Waals surface area (Å²) in [5.74, 6) is 0. The molecule has 0 aliphatic carbocycles. The Morgan fingerprint density at radius 3 is 2.73 bits per heavy atom. The quantitative estimate of drug-likeness (QED) is 0.553. The zero-order chi connectivity index (χ0) is 6.97. The summed E-state index contributed by atoms with van der Waals surface area (Å²) in [5, 5.41) is 0.668. The van der Waals surface area contributed by atoms with Gasteiger partial charge in [-0.1, -0.05) is 12.1 Å². The molecule has 2 rings (SSSR count). The molecular weight excluding hydrogens is 341 g/mol. The maximum atomic E-state index is 4.12. The van der Waals surface area contributed by atoms with Crippen LogP contribution in [0.4, 0.5) is 0 Å². The van der Waals surface area contributed by atoms with Crippen molar-refractivity contribution in [3.05, 3.63) is 24.3 Å². The second-order valence-electron chi connectivity index (χ2n) is 2.08. The Morgan fingerprint density at radius 1 is 1.27 bits per heavy atom. The molecule has 0 bridgehead atoms. The Balaban J connectivity index is 0.000000605. The number of para-hydroxylation sites is 2. The molecule has 0 aliphatic rings. The number of thiol groups is 1. The number of H-pyrrole nitrogens is 1. The van der Waals surface area contributed by atoms with Crippen molar-refractivity contribution >= 4 is 23.7 Å². The molecule has 0 saturated carbocycles. The molecule has 1 radical (unpaired) electrons. The normalized spacial score (nSPS) is 9.55. The summed E-state index contributed by atoms with van der Waals surface area (Å²) >= 11 is 4.08. The third-order valence-electron chi connectivity index (χ3n) is 1.38. The van der Waals surface area contributed by atoms with E-state index in [9.17, 15) is 0 Å². The molecule has 0 aliphatic heterocycles. The monoisotopic (exact) mass is 347 g/mol. The number of hydrogen-bond donors (Lipinski definition) is 2. The van der Waals surface area contributed by atoms with Crippen molar-refractivity contribution in [1.82, 2.24) is 9.97 Å². The van der Waals surface area contributed by atoms with E-state index in [4.69, 9.17) is 0 Å². The van der Waals surface area contributed by atoms with Gasteiger partial charge in [-0.05, 0) is 12.1 Å². The van der Waals surface area contributed by atoms with Crippen molar-refractivity contribution < 1.29 is 22.4 Å². The minimum absolute atomic E-state index is 0. The summed E-state index contributed by atoms with van der Waals surface area (Å²) in [4.78, 5) is 7.13. The van der Waals surface area contributed by atoms with Crippen LogP contribution in [0.25, 0.3) is 11.0 Å². The average Bonchev–Trinajstić information content (AvgIpc) is 2.27. The Hall–Kier alpha value is -0.220. The first kappa shape index (κ1) is 8.87. The van der Waals surface area contributed by atoms with Gasteiger partial charge in [0, 0.05) is 22.4 Å². The molecule has 61 valence electrons. The van der Waals surface area contributed by atoms with Crippen LogP contribution in [0, 0.1) is 0 Å². The van der Waals surface area contributed by atoms with Gasteiger partial charge in [-0.2, -0.15) is 0 Å². The number of benzene rings is 1. The molecule has 0 amide bonds. The predicted octanol–water partition coefficient (Wildman–Crippen LogP) is 1.85. The van der Waals surface area contributed by atoms with Crippen molar-refractivity contribution in [2.75, 3.05) is 0 Å². The Kier molecular flexibility index (Phi) is 2.78. The minimum Gasteiger partial charge on any atom is -0.333 e. The van der Waals surface area contributed by atoms with Crippen molar-refractivity contribution in [2.45, 2.75) is 5.16 Å². The van der Waals surface area contributed by atoms with E-state index in [1.165, 1.54) is 0 Å². The standard InChI is InChI=1S/C7H6N2S.Au/c10-7-8-5-3-1-2-4-6(5)9-7;/h1-4H,(H2,8,9,10);. The molecule has 1 aromatic carbocycles.